The molecular weight excluding hydrogens is 215 g/mol. The van der Waals surface area contributed by atoms with Crippen LogP contribution in [0.15, 0.2) is 24.3 Å². The lowest BCUT2D eigenvalue weighted by Gasteiger charge is -2.24. The van der Waals surface area contributed by atoms with Crippen molar-refractivity contribution in [1.82, 2.24) is 10.2 Å². The van der Waals surface area contributed by atoms with Gasteiger partial charge in [0.15, 0.2) is 0 Å². The fourth-order valence-corrected chi connectivity index (χ4v) is 3.11. The second-order valence-electron chi connectivity index (χ2n) is 5.28. The zero-order chi connectivity index (χ0) is 11.7. The highest BCUT2D eigenvalue weighted by atomic mass is 19.1. The van der Waals surface area contributed by atoms with Crippen molar-refractivity contribution in [3.8, 4) is 0 Å². The summed E-state index contributed by atoms with van der Waals surface area (Å²) in [6.45, 7) is 4.46. The van der Waals surface area contributed by atoms with Gasteiger partial charge in [-0.05, 0) is 43.0 Å². The summed E-state index contributed by atoms with van der Waals surface area (Å²) in [6.07, 6.45) is 2.67. The Hall–Kier alpha value is -0.930. The second kappa shape index (κ2) is 4.75. The normalized spacial score (nSPS) is 29.2. The average molecular weight is 234 g/mol. The Morgan fingerprint density at radius 1 is 1.24 bits per heavy atom. The Morgan fingerprint density at radius 2 is 2.06 bits per heavy atom. The molecule has 92 valence electrons. The molecule has 0 radical (unpaired) electrons. The van der Waals surface area contributed by atoms with E-state index in [1.54, 1.807) is 12.1 Å². The maximum atomic E-state index is 12.8. The van der Waals surface area contributed by atoms with E-state index in [0.29, 0.717) is 6.04 Å². The first-order valence-corrected chi connectivity index (χ1v) is 6.51. The molecule has 1 N–H and O–H groups in total. The van der Waals surface area contributed by atoms with Gasteiger partial charge < -0.3 is 5.32 Å². The molecule has 0 unspecified atom stereocenters. The smallest absolute Gasteiger partial charge is 0.123 e. The number of fused-ring (bicyclic) bond motifs is 1. The minimum atomic E-state index is -0.148. The number of likely N-dealkylation sites (tertiary alicyclic amines) is 1. The van der Waals surface area contributed by atoms with Crippen molar-refractivity contribution < 1.29 is 4.39 Å². The molecular formula is C14H19FN2. The van der Waals surface area contributed by atoms with Crippen molar-refractivity contribution in [1.29, 1.82) is 0 Å². The van der Waals surface area contributed by atoms with E-state index < -0.39 is 0 Å². The van der Waals surface area contributed by atoms with Crippen molar-refractivity contribution in [3.05, 3.63) is 35.6 Å². The number of halogens is 1. The van der Waals surface area contributed by atoms with Gasteiger partial charge in [-0.25, -0.2) is 4.39 Å². The van der Waals surface area contributed by atoms with Crippen LogP contribution in [-0.4, -0.2) is 30.6 Å². The van der Waals surface area contributed by atoms with Gasteiger partial charge >= 0.3 is 0 Å². The number of rotatable bonds is 2. The highest BCUT2D eigenvalue weighted by Crippen LogP contribution is 2.25. The van der Waals surface area contributed by atoms with Gasteiger partial charge in [0.05, 0.1) is 0 Å². The van der Waals surface area contributed by atoms with Gasteiger partial charge in [0.1, 0.15) is 5.82 Å². The van der Waals surface area contributed by atoms with Gasteiger partial charge in [-0.1, -0.05) is 12.1 Å². The number of piperidine rings is 1. The third-order valence-corrected chi connectivity index (χ3v) is 3.99. The van der Waals surface area contributed by atoms with Crippen LogP contribution in [0.4, 0.5) is 4.39 Å². The molecule has 1 aromatic rings. The lowest BCUT2D eigenvalue weighted by atomic mass is 9.94. The van der Waals surface area contributed by atoms with Crippen LogP contribution in [-0.2, 0) is 6.54 Å². The predicted octanol–water partition coefficient (Wildman–Crippen LogP) is 2.01. The number of hydrogen-bond acceptors (Lipinski definition) is 2. The SMILES string of the molecule is Fc1ccc(CN2C[C@@H]3CCCN[C@@H]3C2)cc1. The zero-order valence-corrected chi connectivity index (χ0v) is 10.0. The largest absolute Gasteiger partial charge is 0.312 e. The van der Waals surface area contributed by atoms with Crippen molar-refractivity contribution in [2.75, 3.05) is 19.6 Å². The fourth-order valence-electron chi connectivity index (χ4n) is 3.11. The first-order valence-electron chi connectivity index (χ1n) is 6.51. The minimum absolute atomic E-state index is 0.148. The summed E-state index contributed by atoms with van der Waals surface area (Å²) in [5.74, 6) is 0.676. The van der Waals surface area contributed by atoms with E-state index in [9.17, 15) is 4.39 Å². The molecule has 1 aromatic carbocycles. The van der Waals surface area contributed by atoms with E-state index in [4.69, 9.17) is 0 Å². The molecule has 17 heavy (non-hydrogen) atoms. The van der Waals surface area contributed by atoms with Crippen LogP contribution < -0.4 is 5.32 Å². The molecule has 0 saturated carbocycles. The van der Waals surface area contributed by atoms with Crippen LogP contribution in [0.2, 0.25) is 0 Å². The summed E-state index contributed by atoms with van der Waals surface area (Å²) < 4.78 is 12.8. The topological polar surface area (TPSA) is 15.3 Å². The van der Waals surface area contributed by atoms with Crippen molar-refractivity contribution in [2.45, 2.75) is 25.4 Å². The molecule has 2 atom stereocenters. The van der Waals surface area contributed by atoms with E-state index in [2.05, 4.69) is 10.2 Å². The van der Waals surface area contributed by atoms with Gasteiger partial charge in [-0.2, -0.15) is 0 Å². The average Bonchev–Trinajstić information content (AvgIpc) is 2.74. The maximum Gasteiger partial charge on any atom is 0.123 e. The Kier molecular flexibility index (Phi) is 3.12. The van der Waals surface area contributed by atoms with Gasteiger partial charge in [-0.3, -0.25) is 4.90 Å². The molecule has 3 rings (SSSR count). The molecule has 0 spiro atoms. The number of nitrogens with one attached hydrogen (secondary N) is 1. The molecule has 2 fully saturated rings. The lowest BCUT2D eigenvalue weighted by molar-refractivity contribution is 0.312. The van der Waals surface area contributed by atoms with Crippen molar-refractivity contribution in [3.63, 3.8) is 0 Å². The standard InChI is InChI=1S/C14H19FN2/c15-13-5-3-11(4-6-13)8-17-9-12-2-1-7-16-14(12)10-17/h3-6,12,14,16H,1-2,7-10H2/t12-,14+/m0/s1. The van der Waals surface area contributed by atoms with Crippen LogP contribution in [0.25, 0.3) is 0 Å². The van der Waals surface area contributed by atoms with E-state index in [-0.39, 0.29) is 5.82 Å². The Labute approximate surface area is 102 Å². The summed E-state index contributed by atoms with van der Waals surface area (Å²) >= 11 is 0. The molecule has 3 heteroatoms. The molecule has 2 nitrogen and oxygen atoms in total. The van der Waals surface area contributed by atoms with Gasteiger partial charge in [0.2, 0.25) is 0 Å². The molecule has 0 bridgehead atoms. The second-order valence-corrected chi connectivity index (χ2v) is 5.28. The van der Waals surface area contributed by atoms with Crippen LogP contribution in [0.3, 0.4) is 0 Å². The predicted molar refractivity (Wildman–Crippen MR) is 66.2 cm³/mol. The highest BCUT2D eigenvalue weighted by molar-refractivity contribution is 5.16. The molecule has 0 amide bonds. The molecule has 2 aliphatic heterocycles. The Morgan fingerprint density at radius 3 is 2.82 bits per heavy atom. The molecule has 0 aliphatic carbocycles. The summed E-state index contributed by atoms with van der Waals surface area (Å²) in [6, 6.07) is 7.58. The van der Waals surface area contributed by atoms with Crippen LogP contribution >= 0.6 is 0 Å². The molecule has 2 heterocycles. The number of nitrogens with zero attached hydrogens (tertiary/aromatic N) is 1. The van der Waals surface area contributed by atoms with E-state index in [0.717, 1.165) is 19.0 Å². The van der Waals surface area contributed by atoms with E-state index in [1.165, 1.54) is 31.5 Å². The van der Waals surface area contributed by atoms with Crippen molar-refractivity contribution >= 4 is 0 Å². The summed E-state index contributed by atoms with van der Waals surface area (Å²) in [5.41, 5.74) is 1.21. The van der Waals surface area contributed by atoms with Crippen LogP contribution in [0.5, 0.6) is 0 Å². The first kappa shape index (κ1) is 11.2. The highest BCUT2D eigenvalue weighted by Gasteiger charge is 2.33. The third-order valence-electron chi connectivity index (χ3n) is 3.99. The quantitative estimate of drug-likeness (QED) is 0.842. The van der Waals surface area contributed by atoms with Crippen LogP contribution in [0, 0.1) is 11.7 Å². The van der Waals surface area contributed by atoms with E-state index in [1.807, 2.05) is 12.1 Å². The fraction of sp³-hybridized carbons (Fsp3) is 0.571. The molecule has 2 saturated heterocycles. The molecule has 0 aromatic heterocycles. The van der Waals surface area contributed by atoms with E-state index >= 15 is 0 Å². The summed E-state index contributed by atoms with van der Waals surface area (Å²) in [7, 11) is 0. The van der Waals surface area contributed by atoms with Gasteiger partial charge in [-0.15, -0.1) is 0 Å². The van der Waals surface area contributed by atoms with Gasteiger partial charge in [0, 0.05) is 25.7 Å². The minimum Gasteiger partial charge on any atom is -0.312 e. The summed E-state index contributed by atoms with van der Waals surface area (Å²) in [4.78, 5) is 2.49. The van der Waals surface area contributed by atoms with Crippen molar-refractivity contribution in [2.24, 2.45) is 5.92 Å². The third kappa shape index (κ3) is 2.50. The summed E-state index contributed by atoms with van der Waals surface area (Å²) in [5, 5.41) is 3.60. The maximum absolute atomic E-state index is 12.8. The van der Waals surface area contributed by atoms with Crippen LogP contribution in [0.1, 0.15) is 18.4 Å². The monoisotopic (exact) mass is 234 g/mol. The number of hydrogen-bond donors (Lipinski definition) is 1. The lowest BCUT2D eigenvalue weighted by Crippen LogP contribution is -2.40. The zero-order valence-electron chi connectivity index (χ0n) is 10.0. The molecule has 2 aliphatic rings. The first-order chi connectivity index (χ1) is 8.31. The Bertz CT molecular complexity index is 362. The Balaban J connectivity index is 1.61. The van der Waals surface area contributed by atoms with Gasteiger partial charge in [0.25, 0.3) is 0 Å². The number of benzene rings is 1.